The number of hydrogen-bond acceptors (Lipinski definition) is 11. The number of nitrogens with zero attached hydrogens (tertiary/aromatic N) is 4. The Morgan fingerprint density at radius 2 is 1.94 bits per heavy atom. The van der Waals surface area contributed by atoms with E-state index in [1.54, 1.807) is 22.6 Å². The van der Waals surface area contributed by atoms with Crippen LogP contribution in [0.5, 0.6) is 0 Å². The number of azide groups is 1. The zero-order valence-electron chi connectivity index (χ0n) is 16.7. The summed E-state index contributed by atoms with van der Waals surface area (Å²) in [5.74, 6) is 0. The molecule has 1 aromatic heterocycles. The Hall–Kier alpha value is -0.950. The highest BCUT2D eigenvalue weighted by Gasteiger charge is 2.44. The molecule has 19 nitrogen and oxygen atoms in total. The second-order valence-corrected chi connectivity index (χ2v) is 11.9. The molecule has 0 radical (unpaired) electrons. The summed E-state index contributed by atoms with van der Waals surface area (Å²) < 4.78 is 56.9. The first-order valence-corrected chi connectivity index (χ1v) is 14.4. The SMILES string of the molecule is Cc1cn([C@H]2C[C@@H](OC(I)N=[N+]=[N-])C(COP(=O)(O)OP(=O)(O)OP(=O)(O)O)O2)c(=O)[nH]c1=O. The first kappa shape index (κ1) is 29.3. The lowest BCUT2D eigenvalue weighted by Crippen LogP contribution is -2.33. The van der Waals surface area contributed by atoms with Gasteiger partial charge in [0.05, 0.1) is 12.7 Å². The van der Waals surface area contributed by atoms with Crippen LogP contribution >= 0.6 is 46.1 Å². The van der Waals surface area contributed by atoms with Gasteiger partial charge in [-0.25, -0.2) is 18.5 Å². The molecule has 1 saturated heterocycles. The molecule has 0 spiro atoms. The Kier molecular flexibility index (Phi) is 9.82. The fourth-order valence-corrected chi connectivity index (χ4v) is 6.17. The molecule has 5 N–H and O–H groups in total. The Morgan fingerprint density at radius 1 is 1.29 bits per heavy atom. The monoisotopic (exact) mass is 663 g/mol. The number of H-pyrrole nitrogens is 1. The topological polar surface area (TPSA) is 282 Å². The molecule has 0 bridgehead atoms. The zero-order valence-corrected chi connectivity index (χ0v) is 21.5. The third-order valence-corrected chi connectivity index (χ3v) is 8.23. The Morgan fingerprint density at radius 3 is 2.53 bits per heavy atom. The smallest absolute Gasteiger partial charge is 0.356 e. The maximum Gasteiger partial charge on any atom is 0.490 e. The number of phosphoric ester groups is 1. The van der Waals surface area contributed by atoms with E-state index >= 15 is 0 Å². The van der Waals surface area contributed by atoms with Gasteiger partial charge in [-0.1, -0.05) is 5.11 Å². The molecule has 1 aromatic rings. The molecular formula is C11H17IN5O14P3. The van der Waals surface area contributed by atoms with Crippen LogP contribution in [0.2, 0.25) is 0 Å². The minimum absolute atomic E-state index is 0.101. The van der Waals surface area contributed by atoms with Crippen LogP contribution in [0, 0.1) is 6.92 Å². The van der Waals surface area contributed by atoms with E-state index in [9.17, 15) is 33.1 Å². The molecule has 2 rings (SSSR count). The number of nitrogens with one attached hydrogen (secondary N) is 1. The molecule has 1 aliphatic heterocycles. The van der Waals surface area contributed by atoms with Crippen molar-refractivity contribution in [2.75, 3.05) is 6.61 Å². The van der Waals surface area contributed by atoms with Crippen LogP contribution < -0.4 is 11.2 Å². The number of phosphoric acid groups is 3. The third kappa shape index (κ3) is 8.92. The van der Waals surface area contributed by atoms with Gasteiger partial charge in [0.2, 0.25) is 0 Å². The van der Waals surface area contributed by atoms with E-state index in [4.69, 9.17) is 24.8 Å². The number of rotatable bonds is 11. The number of hydrogen-bond donors (Lipinski definition) is 5. The first-order valence-electron chi connectivity index (χ1n) is 8.61. The van der Waals surface area contributed by atoms with Gasteiger partial charge >= 0.3 is 29.2 Å². The fraction of sp³-hybridized carbons (Fsp3) is 0.636. The molecule has 6 atom stereocenters. The average molecular weight is 663 g/mol. The van der Waals surface area contributed by atoms with Gasteiger partial charge in [-0.2, -0.15) is 8.62 Å². The largest absolute Gasteiger partial charge is 0.490 e. The van der Waals surface area contributed by atoms with Gasteiger partial charge in [0.15, 0.2) is 4.23 Å². The lowest BCUT2D eigenvalue weighted by molar-refractivity contribution is -0.0626. The number of ether oxygens (including phenoxy) is 2. The normalized spacial score (nSPS) is 25.2. The summed E-state index contributed by atoms with van der Waals surface area (Å²) in [7, 11) is -16.8. The highest BCUT2D eigenvalue weighted by molar-refractivity contribution is 14.1. The summed E-state index contributed by atoms with van der Waals surface area (Å²) in [5, 5.41) is 3.30. The van der Waals surface area contributed by atoms with Crippen molar-refractivity contribution < 1.29 is 55.9 Å². The maximum atomic E-state index is 12.2. The van der Waals surface area contributed by atoms with Crippen LogP contribution in [-0.4, -0.2) is 52.2 Å². The highest BCUT2D eigenvalue weighted by Crippen LogP contribution is 2.66. The van der Waals surface area contributed by atoms with E-state index in [0.717, 1.165) is 4.57 Å². The number of aromatic nitrogens is 2. The zero-order chi connectivity index (χ0) is 25.9. The lowest BCUT2D eigenvalue weighted by atomic mass is 10.2. The standard InChI is InChI=1S/C11H17IN5O14P3/c1-5-3-17(11(19)14-9(5)18)8-2-6(29-10(12)15-16-13)7(28-8)4-27-33(23,24)31-34(25,26)30-32(20,21)22/h3,6-8,10H,2,4H2,1H3,(H,23,24)(H,25,26)(H,14,18,19)(H2,20,21,22)/t6-,7?,8-,10?/m1/s1. The van der Waals surface area contributed by atoms with Crippen LogP contribution in [0.25, 0.3) is 10.4 Å². The first-order chi connectivity index (χ1) is 15.5. The Labute approximate surface area is 202 Å². The van der Waals surface area contributed by atoms with E-state index in [1.165, 1.54) is 13.1 Å². The van der Waals surface area contributed by atoms with Crippen molar-refractivity contribution in [3.05, 3.63) is 43.0 Å². The summed E-state index contributed by atoms with van der Waals surface area (Å²) in [4.78, 5) is 64.3. The fourth-order valence-electron chi connectivity index (χ4n) is 2.65. The van der Waals surface area contributed by atoms with E-state index in [0.29, 0.717) is 0 Å². The van der Waals surface area contributed by atoms with E-state index in [-0.39, 0.29) is 12.0 Å². The molecule has 23 heteroatoms. The van der Waals surface area contributed by atoms with Crippen molar-refractivity contribution in [3.63, 3.8) is 0 Å². The molecular weight excluding hydrogens is 646 g/mol. The van der Waals surface area contributed by atoms with Crippen molar-refractivity contribution in [1.29, 1.82) is 0 Å². The highest BCUT2D eigenvalue weighted by atomic mass is 127. The maximum absolute atomic E-state index is 12.2. The van der Waals surface area contributed by atoms with E-state index in [1.807, 2.05) is 0 Å². The van der Waals surface area contributed by atoms with E-state index < -0.39 is 64.0 Å². The van der Waals surface area contributed by atoms with Crippen molar-refractivity contribution in [1.82, 2.24) is 9.55 Å². The second kappa shape index (κ2) is 11.4. The summed E-state index contributed by atoms with van der Waals surface area (Å²) in [6.45, 7) is 0.550. The third-order valence-electron chi connectivity index (χ3n) is 3.88. The van der Waals surface area contributed by atoms with Gasteiger partial charge in [0.1, 0.15) is 12.3 Å². The van der Waals surface area contributed by atoms with Gasteiger partial charge in [0.25, 0.3) is 5.56 Å². The molecule has 2 heterocycles. The Bertz CT molecular complexity index is 1210. The minimum Gasteiger partial charge on any atom is -0.356 e. The molecule has 0 aliphatic carbocycles. The number of alkyl halides is 1. The molecule has 34 heavy (non-hydrogen) atoms. The molecule has 4 unspecified atom stereocenters. The van der Waals surface area contributed by atoms with Gasteiger partial charge in [-0.3, -0.25) is 18.9 Å². The van der Waals surface area contributed by atoms with E-state index in [2.05, 4.69) is 28.2 Å². The number of aryl methyl sites for hydroxylation is 1. The number of aromatic amines is 1. The van der Waals surface area contributed by atoms with Crippen molar-refractivity contribution in [2.45, 2.75) is 36.0 Å². The lowest BCUT2D eigenvalue weighted by Gasteiger charge is -2.21. The van der Waals surface area contributed by atoms with Crippen molar-refractivity contribution >= 4 is 46.1 Å². The van der Waals surface area contributed by atoms with Crippen LogP contribution in [-0.2, 0) is 36.3 Å². The summed E-state index contributed by atoms with van der Waals surface area (Å²) in [6, 6.07) is 0. The van der Waals surface area contributed by atoms with Crippen molar-refractivity contribution in [2.24, 2.45) is 5.11 Å². The average Bonchev–Trinajstić information content (AvgIpc) is 3.02. The minimum atomic E-state index is -5.73. The number of halogens is 1. The predicted molar refractivity (Wildman–Crippen MR) is 116 cm³/mol. The summed E-state index contributed by atoms with van der Waals surface area (Å²) in [5.41, 5.74) is 7.23. The molecule has 0 amide bonds. The predicted octanol–water partition coefficient (Wildman–Crippen LogP) is 0.890. The second-order valence-electron chi connectivity index (χ2n) is 6.40. The van der Waals surface area contributed by atoms with Crippen LogP contribution in [0.3, 0.4) is 0 Å². The van der Waals surface area contributed by atoms with Crippen molar-refractivity contribution in [3.8, 4) is 0 Å². The molecule has 1 aliphatic rings. The molecule has 1 fully saturated rings. The summed E-state index contributed by atoms with van der Waals surface area (Å²) >= 11 is 1.61. The molecule has 192 valence electrons. The molecule has 0 aromatic carbocycles. The van der Waals surface area contributed by atoms with Gasteiger partial charge < -0.3 is 29.0 Å². The molecule has 0 saturated carbocycles. The summed E-state index contributed by atoms with van der Waals surface area (Å²) in [6.07, 6.45) is -2.29. The van der Waals surface area contributed by atoms with Gasteiger partial charge in [-0.05, 0) is 35.0 Å². The van der Waals surface area contributed by atoms with Gasteiger partial charge in [0, 0.05) is 23.1 Å². The van der Waals surface area contributed by atoms with Crippen LogP contribution in [0.1, 0.15) is 18.2 Å². The van der Waals surface area contributed by atoms with Gasteiger partial charge in [-0.15, -0.1) is 0 Å². The van der Waals surface area contributed by atoms with Crippen LogP contribution in [0.4, 0.5) is 0 Å². The quantitative estimate of drug-likeness (QED) is 0.0418. The van der Waals surface area contributed by atoms with Crippen LogP contribution in [0.15, 0.2) is 20.9 Å². The Balaban J connectivity index is 2.20.